The van der Waals surface area contributed by atoms with Gasteiger partial charge in [0.25, 0.3) is 5.91 Å². The smallest absolute Gasteiger partial charge is 0.256 e. The Labute approximate surface area is 190 Å². The summed E-state index contributed by atoms with van der Waals surface area (Å²) in [5.41, 5.74) is 2.56. The number of carbonyl (C=O) groups excluding carboxylic acids is 1. The Kier molecular flexibility index (Phi) is 6.87. The standard InChI is InChI=1S/C24H27N3O6/c1-14-10-19(27(26-14)12-15-6-3-2-4-7-15)25-24(32)17-9-5-8-16(11-17)23-22(31)21(30)20(29)18(13-28)33-23/h2-11,18,20-23,28-31H,12-13H2,1H3,(H,25,32)/t18-,20-,21+,22+,23-/m1/s1. The lowest BCUT2D eigenvalue weighted by Crippen LogP contribution is -2.55. The molecule has 0 radical (unpaired) electrons. The van der Waals surface area contributed by atoms with E-state index in [9.17, 15) is 25.2 Å². The van der Waals surface area contributed by atoms with Crippen LogP contribution in [0, 0.1) is 6.92 Å². The van der Waals surface area contributed by atoms with Crippen molar-refractivity contribution in [2.75, 3.05) is 11.9 Å². The highest BCUT2D eigenvalue weighted by molar-refractivity contribution is 6.04. The zero-order valence-electron chi connectivity index (χ0n) is 18.1. The molecule has 9 heteroatoms. The van der Waals surface area contributed by atoms with Crippen LogP contribution >= 0.6 is 0 Å². The van der Waals surface area contributed by atoms with Gasteiger partial charge in [0, 0.05) is 11.6 Å². The van der Waals surface area contributed by atoms with Gasteiger partial charge in [-0.1, -0.05) is 42.5 Å². The highest BCUT2D eigenvalue weighted by Gasteiger charge is 2.44. The number of aryl methyl sites for hydroxylation is 1. The van der Waals surface area contributed by atoms with E-state index in [2.05, 4.69) is 10.4 Å². The van der Waals surface area contributed by atoms with Crippen LogP contribution in [-0.4, -0.2) is 67.1 Å². The second-order valence-corrected chi connectivity index (χ2v) is 8.14. The van der Waals surface area contributed by atoms with Crippen molar-refractivity contribution in [1.29, 1.82) is 0 Å². The van der Waals surface area contributed by atoms with Crippen molar-refractivity contribution >= 4 is 11.7 Å². The third-order valence-corrected chi connectivity index (χ3v) is 5.69. The van der Waals surface area contributed by atoms with E-state index in [-0.39, 0.29) is 5.91 Å². The summed E-state index contributed by atoms with van der Waals surface area (Å²) in [6.07, 6.45) is -6.40. The van der Waals surface area contributed by atoms with Crippen molar-refractivity contribution < 1.29 is 30.0 Å². The Morgan fingerprint density at radius 2 is 1.79 bits per heavy atom. The van der Waals surface area contributed by atoms with Crippen LogP contribution in [0.15, 0.2) is 60.7 Å². The Morgan fingerprint density at radius 3 is 2.52 bits per heavy atom. The molecule has 0 aliphatic carbocycles. The number of ether oxygens (including phenoxy) is 1. The van der Waals surface area contributed by atoms with Crippen molar-refractivity contribution in [2.24, 2.45) is 0 Å². The number of aromatic nitrogens is 2. The lowest BCUT2D eigenvalue weighted by molar-refractivity contribution is -0.231. The summed E-state index contributed by atoms with van der Waals surface area (Å²) in [5, 5.41) is 47.2. The molecule has 1 saturated heterocycles. The number of carbonyl (C=O) groups is 1. The largest absolute Gasteiger partial charge is 0.394 e. The Bertz CT molecular complexity index is 1100. The molecule has 0 saturated carbocycles. The molecule has 2 aromatic carbocycles. The zero-order chi connectivity index (χ0) is 23.5. The van der Waals surface area contributed by atoms with Crippen molar-refractivity contribution in [3.8, 4) is 0 Å². The number of nitrogens with zero attached hydrogens (tertiary/aromatic N) is 2. The van der Waals surface area contributed by atoms with Crippen LogP contribution in [0.3, 0.4) is 0 Å². The summed E-state index contributed by atoms with van der Waals surface area (Å²) >= 11 is 0. The molecular formula is C24H27N3O6. The van der Waals surface area contributed by atoms with E-state index in [0.29, 0.717) is 23.5 Å². The number of benzene rings is 2. The Balaban J connectivity index is 1.53. The molecule has 1 aliphatic heterocycles. The summed E-state index contributed by atoms with van der Waals surface area (Å²) in [4.78, 5) is 13.0. The van der Waals surface area contributed by atoms with E-state index in [4.69, 9.17) is 4.74 Å². The molecule has 1 aromatic heterocycles. The van der Waals surface area contributed by atoms with E-state index in [1.165, 1.54) is 0 Å². The van der Waals surface area contributed by atoms with E-state index >= 15 is 0 Å². The van der Waals surface area contributed by atoms with E-state index < -0.39 is 37.1 Å². The fourth-order valence-corrected chi connectivity index (χ4v) is 3.95. The molecule has 0 spiro atoms. The van der Waals surface area contributed by atoms with Crippen LogP contribution in [0.2, 0.25) is 0 Å². The van der Waals surface area contributed by atoms with Gasteiger partial charge in [0.05, 0.1) is 18.8 Å². The van der Waals surface area contributed by atoms with Crippen LogP contribution in [0.5, 0.6) is 0 Å². The number of aliphatic hydroxyl groups is 4. The van der Waals surface area contributed by atoms with Crippen molar-refractivity contribution in [3.63, 3.8) is 0 Å². The van der Waals surface area contributed by atoms with Crippen LogP contribution in [-0.2, 0) is 11.3 Å². The summed E-state index contributed by atoms with van der Waals surface area (Å²) in [7, 11) is 0. The highest BCUT2D eigenvalue weighted by atomic mass is 16.5. The fourth-order valence-electron chi connectivity index (χ4n) is 3.95. The molecular weight excluding hydrogens is 426 g/mol. The highest BCUT2D eigenvalue weighted by Crippen LogP contribution is 2.32. The first kappa shape index (κ1) is 23.1. The topological polar surface area (TPSA) is 137 Å². The molecule has 1 amide bonds. The molecule has 5 N–H and O–H groups in total. The van der Waals surface area contributed by atoms with Crippen LogP contribution in [0.25, 0.3) is 0 Å². The van der Waals surface area contributed by atoms with Gasteiger partial charge in [-0.15, -0.1) is 0 Å². The monoisotopic (exact) mass is 453 g/mol. The maximum atomic E-state index is 13.0. The molecule has 9 nitrogen and oxygen atoms in total. The first-order chi connectivity index (χ1) is 15.9. The third kappa shape index (κ3) is 4.97. The molecule has 2 heterocycles. The van der Waals surface area contributed by atoms with Gasteiger partial charge >= 0.3 is 0 Å². The second kappa shape index (κ2) is 9.82. The van der Waals surface area contributed by atoms with Gasteiger partial charge in [-0.3, -0.25) is 4.79 Å². The molecule has 0 unspecified atom stereocenters. The molecule has 1 aliphatic rings. The lowest BCUT2D eigenvalue weighted by atomic mass is 9.90. The molecule has 3 aromatic rings. The van der Waals surface area contributed by atoms with E-state index in [1.54, 1.807) is 35.0 Å². The Morgan fingerprint density at radius 1 is 1.03 bits per heavy atom. The number of amides is 1. The van der Waals surface area contributed by atoms with Gasteiger partial charge in [0.1, 0.15) is 36.3 Å². The summed E-state index contributed by atoms with van der Waals surface area (Å²) in [6.45, 7) is 1.82. The number of rotatable bonds is 6. The number of anilines is 1. The molecule has 174 valence electrons. The molecule has 1 fully saturated rings. The number of aliphatic hydroxyl groups excluding tert-OH is 4. The molecule has 0 bridgehead atoms. The fraction of sp³-hybridized carbons (Fsp3) is 0.333. The van der Waals surface area contributed by atoms with Crippen LogP contribution < -0.4 is 5.32 Å². The van der Waals surface area contributed by atoms with Gasteiger partial charge < -0.3 is 30.5 Å². The van der Waals surface area contributed by atoms with Crippen LogP contribution in [0.1, 0.15) is 33.3 Å². The predicted molar refractivity (Wildman–Crippen MR) is 120 cm³/mol. The number of hydrogen-bond acceptors (Lipinski definition) is 7. The maximum absolute atomic E-state index is 13.0. The maximum Gasteiger partial charge on any atom is 0.256 e. The minimum Gasteiger partial charge on any atom is -0.394 e. The van der Waals surface area contributed by atoms with Crippen molar-refractivity contribution in [3.05, 3.63) is 83.0 Å². The van der Waals surface area contributed by atoms with Crippen LogP contribution in [0.4, 0.5) is 5.82 Å². The van der Waals surface area contributed by atoms with E-state index in [0.717, 1.165) is 11.3 Å². The quantitative estimate of drug-likeness (QED) is 0.376. The van der Waals surface area contributed by atoms with Gasteiger partial charge in [0.15, 0.2) is 0 Å². The molecule has 33 heavy (non-hydrogen) atoms. The lowest BCUT2D eigenvalue weighted by Gasteiger charge is -2.40. The summed E-state index contributed by atoms with van der Waals surface area (Å²) in [6, 6.07) is 18.0. The first-order valence-corrected chi connectivity index (χ1v) is 10.7. The van der Waals surface area contributed by atoms with Crippen molar-refractivity contribution in [2.45, 2.75) is 44.0 Å². The SMILES string of the molecule is Cc1cc(NC(=O)c2cccc([C@H]3O[C@H](CO)[C@@H](O)[C@H](O)[C@@H]3O)c2)n(Cc2ccccc2)n1. The van der Waals surface area contributed by atoms with E-state index in [1.807, 2.05) is 37.3 Å². The van der Waals surface area contributed by atoms with Gasteiger partial charge in [0.2, 0.25) is 0 Å². The third-order valence-electron chi connectivity index (χ3n) is 5.69. The first-order valence-electron chi connectivity index (χ1n) is 10.7. The Hall–Kier alpha value is -3.08. The predicted octanol–water partition coefficient (Wildman–Crippen LogP) is 1.01. The van der Waals surface area contributed by atoms with Gasteiger partial charge in [-0.25, -0.2) is 4.68 Å². The van der Waals surface area contributed by atoms with Gasteiger partial charge in [-0.2, -0.15) is 5.10 Å². The summed E-state index contributed by atoms with van der Waals surface area (Å²) < 4.78 is 7.31. The average Bonchev–Trinajstić information content (AvgIpc) is 3.16. The number of hydrogen-bond donors (Lipinski definition) is 5. The molecule has 5 atom stereocenters. The molecule has 4 rings (SSSR count). The zero-order valence-corrected chi connectivity index (χ0v) is 18.1. The van der Waals surface area contributed by atoms with Crippen molar-refractivity contribution in [1.82, 2.24) is 9.78 Å². The number of nitrogens with one attached hydrogen (secondary N) is 1. The second-order valence-electron chi connectivity index (χ2n) is 8.14. The van der Waals surface area contributed by atoms with Gasteiger partial charge in [-0.05, 0) is 30.2 Å². The average molecular weight is 453 g/mol. The minimum absolute atomic E-state index is 0.314. The summed E-state index contributed by atoms with van der Waals surface area (Å²) in [5.74, 6) is 0.162. The normalized spacial score (nSPS) is 25.1. The minimum atomic E-state index is -1.49.